The van der Waals surface area contributed by atoms with Crippen LogP contribution in [0, 0.1) is 19.7 Å². The Kier molecular flexibility index (Phi) is 3.23. The van der Waals surface area contributed by atoms with Gasteiger partial charge >= 0.3 is 0 Å². The van der Waals surface area contributed by atoms with E-state index >= 15 is 0 Å². The first kappa shape index (κ1) is 12.4. The van der Waals surface area contributed by atoms with Gasteiger partial charge in [-0.3, -0.25) is 0 Å². The SMILES string of the molecule is CCn1nc(C)c(N)c1Oc1ccc(F)cc1C. The fourth-order valence-corrected chi connectivity index (χ4v) is 1.73. The summed E-state index contributed by atoms with van der Waals surface area (Å²) < 4.78 is 20.5. The highest BCUT2D eigenvalue weighted by Crippen LogP contribution is 2.31. The maximum Gasteiger partial charge on any atom is 0.241 e. The van der Waals surface area contributed by atoms with Crippen molar-refractivity contribution in [2.75, 3.05) is 5.73 Å². The van der Waals surface area contributed by atoms with Crippen LogP contribution in [0.25, 0.3) is 0 Å². The van der Waals surface area contributed by atoms with Crippen molar-refractivity contribution in [3.63, 3.8) is 0 Å². The highest BCUT2D eigenvalue weighted by molar-refractivity contribution is 5.54. The van der Waals surface area contributed by atoms with Gasteiger partial charge in [-0.1, -0.05) is 0 Å². The summed E-state index contributed by atoms with van der Waals surface area (Å²) in [5.74, 6) is 0.801. The Bertz CT molecular complexity index is 578. The minimum Gasteiger partial charge on any atom is -0.437 e. The molecule has 2 N–H and O–H groups in total. The van der Waals surface area contributed by atoms with Crippen LogP contribution in [0.4, 0.5) is 10.1 Å². The lowest BCUT2D eigenvalue weighted by atomic mass is 10.2. The van der Waals surface area contributed by atoms with Gasteiger partial charge in [0.1, 0.15) is 17.3 Å². The summed E-state index contributed by atoms with van der Waals surface area (Å²) in [6, 6.07) is 4.37. The zero-order chi connectivity index (χ0) is 13.3. The van der Waals surface area contributed by atoms with Crippen LogP contribution in [0.1, 0.15) is 18.2 Å². The number of benzene rings is 1. The maximum absolute atomic E-state index is 13.0. The Balaban J connectivity index is 2.39. The zero-order valence-electron chi connectivity index (χ0n) is 10.7. The lowest BCUT2D eigenvalue weighted by Gasteiger charge is -2.10. The number of aromatic nitrogens is 2. The van der Waals surface area contributed by atoms with Crippen LogP contribution >= 0.6 is 0 Å². The first-order chi connectivity index (χ1) is 8.52. The van der Waals surface area contributed by atoms with E-state index in [4.69, 9.17) is 10.5 Å². The molecule has 0 atom stereocenters. The summed E-state index contributed by atoms with van der Waals surface area (Å²) in [5, 5.41) is 4.26. The van der Waals surface area contributed by atoms with E-state index in [1.807, 2.05) is 13.8 Å². The molecule has 0 bridgehead atoms. The molecule has 0 amide bonds. The van der Waals surface area contributed by atoms with Crippen LogP contribution in [0.5, 0.6) is 11.6 Å². The van der Waals surface area contributed by atoms with Crippen LogP contribution in [0.3, 0.4) is 0 Å². The summed E-state index contributed by atoms with van der Waals surface area (Å²) >= 11 is 0. The first-order valence-electron chi connectivity index (χ1n) is 5.79. The van der Waals surface area contributed by atoms with E-state index in [9.17, 15) is 4.39 Å². The van der Waals surface area contributed by atoms with Gasteiger partial charge in [-0.15, -0.1) is 0 Å². The number of rotatable bonds is 3. The third-order valence-corrected chi connectivity index (χ3v) is 2.77. The number of anilines is 1. The number of hydrogen-bond acceptors (Lipinski definition) is 3. The van der Waals surface area contributed by atoms with Crippen LogP contribution < -0.4 is 10.5 Å². The van der Waals surface area contributed by atoms with Gasteiger partial charge in [0.2, 0.25) is 5.88 Å². The van der Waals surface area contributed by atoms with Crippen LogP contribution in [-0.2, 0) is 6.54 Å². The molecule has 4 nitrogen and oxygen atoms in total. The van der Waals surface area contributed by atoms with Gasteiger partial charge in [-0.2, -0.15) is 5.10 Å². The molecule has 0 radical (unpaired) electrons. The Morgan fingerprint density at radius 3 is 2.72 bits per heavy atom. The number of ether oxygens (including phenoxy) is 1. The number of nitrogen functional groups attached to an aromatic ring is 1. The molecule has 0 unspecified atom stereocenters. The molecular formula is C13H16FN3O. The summed E-state index contributed by atoms with van der Waals surface area (Å²) in [4.78, 5) is 0. The van der Waals surface area contributed by atoms with E-state index < -0.39 is 0 Å². The van der Waals surface area contributed by atoms with Gasteiger partial charge in [-0.25, -0.2) is 9.07 Å². The molecule has 2 rings (SSSR count). The number of nitrogens with two attached hydrogens (primary N) is 1. The van der Waals surface area contributed by atoms with Crippen molar-refractivity contribution >= 4 is 5.69 Å². The summed E-state index contributed by atoms with van der Waals surface area (Å²) in [6.07, 6.45) is 0. The number of hydrogen-bond donors (Lipinski definition) is 1. The van der Waals surface area contributed by atoms with Crippen molar-refractivity contribution in [2.45, 2.75) is 27.3 Å². The third kappa shape index (κ3) is 2.16. The topological polar surface area (TPSA) is 53.1 Å². The highest BCUT2D eigenvalue weighted by Gasteiger charge is 2.14. The number of aryl methyl sites for hydroxylation is 3. The molecule has 0 aliphatic rings. The second-order valence-electron chi connectivity index (χ2n) is 4.13. The molecule has 0 saturated carbocycles. The maximum atomic E-state index is 13.0. The van der Waals surface area contributed by atoms with Gasteiger partial charge in [0.15, 0.2) is 0 Å². The van der Waals surface area contributed by atoms with Crippen LogP contribution in [0.15, 0.2) is 18.2 Å². The molecule has 18 heavy (non-hydrogen) atoms. The van der Waals surface area contributed by atoms with Gasteiger partial charge < -0.3 is 10.5 Å². The van der Waals surface area contributed by atoms with E-state index in [2.05, 4.69) is 5.10 Å². The van der Waals surface area contributed by atoms with E-state index in [0.29, 0.717) is 23.9 Å². The van der Waals surface area contributed by atoms with Crippen molar-refractivity contribution in [3.05, 3.63) is 35.3 Å². The molecule has 96 valence electrons. The van der Waals surface area contributed by atoms with Crippen molar-refractivity contribution in [3.8, 4) is 11.6 Å². The smallest absolute Gasteiger partial charge is 0.241 e. The normalized spacial score (nSPS) is 10.7. The van der Waals surface area contributed by atoms with Crippen molar-refractivity contribution in [2.24, 2.45) is 0 Å². The van der Waals surface area contributed by atoms with Gasteiger partial charge in [0.05, 0.1) is 5.69 Å². The molecular weight excluding hydrogens is 233 g/mol. The molecule has 0 aliphatic heterocycles. The van der Waals surface area contributed by atoms with Crippen molar-refractivity contribution < 1.29 is 9.13 Å². The van der Waals surface area contributed by atoms with Crippen molar-refractivity contribution in [1.29, 1.82) is 0 Å². The molecule has 1 aromatic carbocycles. The zero-order valence-corrected chi connectivity index (χ0v) is 10.7. The predicted molar refractivity (Wildman–Crippen MR) is 68.3 cm³/mol. The van der Waals surface area contributed by atoms with E-state index in [0.717, 1.165) is 11.3 Å². The minimum atomic E-state index is -0.284. The van der Waals surface area contributed by atoms with E-state index in [-0.39, 0.29) is 5.82 Å². The fraction of sp³-hybridized carbons (Fsp3) is 0.308. The number of nitrogens with zero attached hydrogens (tertiary/aromatic N) is 2. The Labute approximate surface area is 105 Å². The predicted octanol–water partition coefficient (Wildman–Crippen LogP) is 3.03. The quantitative estimate of drug-likeness (QED) is 0.909. The molecule has 0 aliphatic carbocycles. The third-order valence-electron chi connectivity index (χ3n) is 2.77. The summed E-state index contributed by atoms with van der Waals surface area (Å²) in [5.41, 5.74) is 7.89. The second-order valence-corrected chi connectivity index (χ2v) is 4.13. The average Bonchev–Trinajstić information content (AvgIpc) is 2.60. The molecule has 1 heterocycles. The lowest BCUT2D eigenvalue weighted by molar-refractivity contribution is 0.415. The summed E-state index contributed by atoms with van der Waals surface area (Å²) in [6.45, 7) is 6.23. The van der Waals surface area contributed by atoms with Crippen molar-refractivity contribution in [1.82, 2.24) is 9.78 Å². The van der Waals surface area contributed by atoms with Crippen LogP contribution in [0.2, 0.25) is 0 Å². The van der Waals surface area contributed by atoms with Gasteiger partial charge in [0, 0.05) is 6.54 Å². The van der Waals surface area contributed by atoms with Crippen LogP contribution in [-0.4, -0.2) is 9.78 Å². The molecule has 2 aromatic rings. The second kappa shape index (κ2) is 4.68. The molecule has 0 fully saturated rings. The molecule has 5 heteroatoms. The minimum absolute atomic E-state index is 0.284. The Hall–Kier alpha value is -2.04. The lowest BCUT2D eigenvalue weighted by Crippen LogP contribution is -2.01. The average molecular weight is 249 g/mol. The van der Waals surface area contributed by atoms with E-state index in [1.54, 1.807) is 17.7 Å². The van der Waals surface area contributed by atoms with Gasteiger partial charge in [-0.05, 0) is 44.5 Å². The Morgan fingerprint density at radius 2 is 2.11 bits per heavy atom. The highest BCUT2D eigenvalue weighted by atomic mass is 19.1. The summed E-state index contributed by atoms with van der Waals surface area (Å²) in [7, 11) is 0. The van der Waals surface area contributed by atoms with E-state index in [1.165, 1.54) is 12.1 Å². The largest absolute Gasteiger partial charge is 0.437 e. The molecule has 1 aromatic heterocycles. The molecule has 0 spiro atoms. The van der Waals surface area contributed by atoms with Gasteiger partial charge in [0.25, 0.3) is 0 Å². The first-order valence-corrected chi connectivity index (χ1v) is 5.79. The number of halogens is 1. The molecule has 0 saturated heterocycles. The fourth-order valence-electron chi connectivity index (χ4n) is 1.73. The monoisotopic (exact) mass is 249 g/mol. The standard InChI is InChI=1S/C13H16FN3O/c1-4-17-13(12(15)9(3)16-17)18-11-6-5-10(14)7-8(11)2/h5-7H,4,15H2,1-3H3. The Morgan fingerprint density at radius 1 is 1.39 bits per heavy atom.